The molecule has 20 heavy (non-hydrogen) atoms. The Hall–Kier alpha value is -2.43. The summed E-state index contributed by atoms with van der Waals surface area (Å²) >= 11 is 0. The predicted octanol–water partition coefficient (Wildman–Crippen LogP) is 1.88. The highest BCUT2D eigenvalue weighted by Gasteiger charge is 2.31. The quantitative estimate of drug-likeness (QED) is 0.623. The van der Waals surface area contributed by atoms with E-state index in [0.717, 1.165) is 16.0 Å². The van der Waals surface area contributed by atoms with Crippen LogP contribution in [-0.4, -0.2) is 17.8 Å². The average molecular weight is 273 g/mol. The summed E-state index contributed by atoms with van der Waals surface area (Å²) in [5.41, 5.74) is 2.46. The van der Waals surface area contributed by atoms with E-state index in [1.54, 1.807) is 32.0 Å². The van der Waals surface area contributed by atoms with E-state index in [-0.39, 0.29) is 24.4 Å². The number of imide groups is 1. The van der Waals surface area contributed by atoms with E-state index in [1.807, 2.05) is 0 Å². The third kappa shape index (κ3) is 2.47. The summed E-state index contributed by atoms with van der Waals surface area (Å²) in [6, 6.07) is 5.23. The number of rotatable bonds is 3. The number of benzene rings is 1. The van der Waals surface area contributed by atoms with Gasteiger partial charge < -0.3 is 4.74 Å². The Kier molecular flexibility index (Phi) is 3.70. The van der Waals surface area contributed by atoms with Gasteiger partial charge in [0.05, 0.1) is 5.69 Å². The minimum Gasteiger partial charge on any atom is -0.461 e. The lowest BCUT2D eigenvalue weighted by molar-refractivity contribution is -0.142. The molecule has 0 aliphatic carbocycles. The Balaban J connectivity index is 2.34. The average Bonchev–Trinajstić information content (AvgIpc) is 2.63. The molecule has 0 atom stereocenters. The summed E-state index contributed by atoms with van der Waals surface area (Å²) in [7, 11) is 0. The molecule has 0 bridgehead atoms. The molecule has 0 N–H and O–H groups in total. The minimum absolute atomic E-state index is 0.123. The third-order valence-corrected chi connectivity index (χ3v) is 3.19. The molecule has 1 aromatic carbocycles. The molecule has 0 saturated heterocycles. The topological polar surface area (TPSA) is 63.7 Å². The van der Waals surface area contributed by atoms with Gasteiger partial charge in [0.1, 0.15) is 6.61 Å². The summed E-state index contributed by atoms with van der Waals surface area (Å²) in [5, 5.41) is 0. The van der Waals surface area contributed by atoms with E-state index >= 15 is 0 Å². The monoisotopic (exact) mass is 273 g/mol. The van der Waals surface area contributed by atoms with Gasteiger partial charge >= 0.3 is 5.97 Å². The Labute approximate surface area is 116 Å². The second kappa shape index (κ2) is 5.28. The summed E-state index contributed by atoms with van der Waals surface area (Å²) in [6.45, 7) is 4.86. The van der Waals surface area contributed by atoms with E-state index in [2.05, 4.69) is 0 Å². The normalized spacial score (nSPS) is 14.6. The molecule has 2 amide bonds. The van der Waals surface area contributed by atoms with Crippen LogP contribution in [0.2, 0.25) is 0 Å². The van der Waals surface area contributed by atoms with Crippen LogP contribution in [0, 0.1) is 6.92 Å². The van der Waals surface area contributed by atoms with Gasteiger partial charge in [-0.15, -0.1) is 0 Å². The number of anilines is 1. The largest absolute Gasteiger partial charge is 0.461 e. The second-order valence-electron chi connectivity index (χ2n) is 4.65. The highest BCUT2D eigenvalue weighted by molar-refractivity contribution is 6.30. The van der Waals surface area contributed by atoms with Crippen molar-refractivity contribution in [1.82, 2.24) is 0 Å². The zero-order valence-electron chi connectivity index (χ0n) is 11.6. The SMILES string of the molecule is CC(=O)OCc1cccc(N2C(=O)C=C(C)C2=O)c1C. The summed E-state index contributed by atoms with van der Waals surface area (Å²) in [6.07, 6.45) is 1.32. The Morgan fingerprint density at radius 1 is 1.25 bits per heavy atom. The molecule has 5 heteroatoms. The van der Waals surface area contributed by atoms with Crippen molar-refractivity contribution >= 4 is 23.5 Å². The molecule has 2 rings (SSSR count). The number of esters is 1. The fraction of sp³-hybridized carbons (Fsp3) is 0.267. The van der Waals surface area contributed by atoms with Crippen LogP contribution < -0.4 is 4.90 Å². The molecule has 1 heterocycles. The van der Waals surface area contributed by atoms with Crippen molar-refractivity contribution in [3.05, 3.63) is 41.0 Å². The number of nitrogens with zero attached hydrogens (tertiary/aromatic N) is 1. The molecule has 0 fully saturated rings. The highest BCUT2D eigenvalue weighted by atomic mass is 16.5. The number of ether oxygens (including phenoxy) is 1. The fourth-order valence-corrected chi connectivity index (χ4v) is 2.06. The molecule has 0 unspecified atom stereocenters. The Morgan fingerprint density at radius 2 is 1.95 bits per heavy atom. The molecular formula is C15H15NO4. The van der Waals surface area contributed by atoms with Gasteiger partial charge in [-0.05, 0) is 31.0 Å². The maximum absolute atomic E-state index is 12.0. The molecular weight excluding hydrogens is 258 g/mol. The van der Waals surface area contributed by atoms with Crippen LogP contribution in [0.1, 0.15) is 25.0 Å². The molecule has 5 nitrogen and oxygen atoms in total. The lowest BCUT2D eigenvalue weighted by atomic mass is 10.1. The molecule has 1 aliphatic rings. The summed E-state index contributed by atoms with van der Waals surface area (Å²) in [5.74, 6) is -1.04. The first kappa shape index (κ1) is 14.0. The summed E-state index contributed by atoms with van der Waals surface area (Å²) < 4.78 is 4.96. The van der Waals surface area contributed by atoms with Crippen molar-refractivity contribution in [3.63, 3.8) is 0 Å². The minimum atomic E-state index is -0.374. The summed E-state index contributed by atoms with van der Waals surface area (Å²) in [4.78, 5) is 35.9. The zero-order valence-corrected chi connectivity index (χ0v) is 11.6. The molecule has 0 radical (unpaired) electrons. The first-order chi connectivity index (χ1) is 9.41. The Bertz CT molecular complexity index is 631. The lowest BCUT2D eigenvalue weighted by Crippen LogP contribution is -2.31. The van der Waals surface area contributed by atoms with Crippen molar-refractivity contribution in [1.29, 1.82) is 0 Å². The maximum Gasteiger partial charge on any atom is 0.302 e. The van der Waals surface area contributed by atoms with Crippen LogP contribution in [0.4, 0.5) is 5.69 Å². The lowest BCUT2D eigenvalue weighted by Gasteiger charge is -2.19. The number of carbonyl (C=O) groups is 3. The van der Waals surface area contributed by atoms with E-state index in [9.17, 15) is 14.4 Å². The van der Waals surface area contributed by atoms with Crippen molar-refractivity contribution < 1.29 is 19.1 Å². The number of hydrogen-bond acceptors (Lipinski definition) is 4. The molecule has 1 aromatic rings. The zero-order chi connectivity index (χ0) is 14.9. The van der Waals surface area contributed by atoms with Crippen molar-refractivity contribution in [2.24, 2.45) is 0 Å². The van der Waals surface area contributed by atoms with Crippen LogP contribution in [0.5, 0.6) is 0 Å². The van der Waals surface area contributed by atoms with Crippen molar-refractivity contribution in [3.8, 4) is 0 Å². The molecule has 0 aromatic heterocycles. The van der Waals surface area contributed by atoms with E-state index in [1.165, 1.54) is 13.0 Å². The van der Waals surface area contributed by atoms with Crippen LogP contribution in [0.25, 0.3) is 0 Å². The van der Waals surface area contributed by atoms with Gasteiger partial charge in [-0.1, -0.05) is 12.1 Å². The van der Waals surface area contributed by atoms with Crippen LogP contribution >= 0.6 is 0 Å². The van der Waals surface area contributed by atoms with E-state index in [0.29, 0.717) is 11.3 Å². The predicted molar refractivity (Wildman–Crippen MR) is 72.9 cm³/mol. The maximum atomic E-state index is 12.0. The van der Waals surface area contributed by atoms with E-state index < -0.39 is 0 Å². The first-order valence-electron chi connectivity index (χ1n) is 6.20. The van der Waals surface area contributed by atoms with Crippen LogP contribution in [-0.2, 0) is 25.7 Å². The van der Waals surface area contributed by atoms with Crippen molar-refractivity contribution in [2.75, 3.05) is 4.90 Å². The van der Waals surface area contributed by atoms with Crippen LogP contribution in [0.3, 0.4) is 0 Å². The molecule has 0 spiro atoms. The number of carbonyl (C=O) groups excluding carboxylic acids is 3. The fourth-order valence-electron chi connectivity index (χ4n) is 2.06. The molecule has 104 valence electrons. The van der Waals surface area contributed by atoms with Gasteiger partial charge in [-0.2, -0.15) is 0 Å². The van der Waals surface area contributed by atoms with Crippen molar-refractivity contribution in [2.45, 2.75) is 27.4 Å². The number of amides is 2. The highest BCUT2D eigenvalue weighted by Crippen LogP contribution is 2.28. The van der Waals surface area contributed by atoms with Gasteiger partial charge in [0.15, 0.2) is 0 Å². The van der Waals surface area contributed by atoms with Crippen LogP contribution in [0.15, 0.2) is 29.8 Å². The standard InChI is InChI=1S/C15H15NO4/c1-9-7-14(18)16(15(9)19)13-6-4-5-12(10(13)2)8-20-11(3)17/h4-7H,8H2,1-3H3. The molecule has 1 aliphatic heterocycles. The second-order valence-corrected chi connectivity index (χ2v) is 4.65. The van der Waals surface area contributed by atoms with Gasteiger partial charge in [0.2, 0.25) is 0 Å². The first-order valence-corrected chi connectivity index (χ1v) is 6.20. The molecule has 0 saturated carbocycles. The van der Waals surface area contributed by atoms with E-state index in [4.69, 9.17) is 4.74 Å². The Morgan fingerprint density at radius 3 is 2.50 bits per heavy atom. The van der Waals surface area contributed by atoms with Gasteiger partial charge in [0, 0.05) is 18.6 Å². The van der Waals surface area contributed by atoms with Gasteiger partial charge in [-0.3, -0.25) is 14.4 Å². The number of hydrogen-bond donors (Lipinski definition) is 0. The third-order valence-electron chi connectivity index (χ3n) is 3.19. The van der Waals surface area contributed by atoms with Gasteiger partial charge in [-0.25, -0.2) is 4.90 Å². The van der Waals surface area contributed by atoms with Gasteiger partial charge in [0.25, 0.3) is 11.8 Å². The smallest absolute Gasteiger partial charge is 0.302 e.